The van der Waals surface area contributed by atoms with Gasteiger partial charge in [0.2, 0.25) is 0 Å². The van der Waals surface area contributed by atoms with Crippen LogP contribution in [-0.4, -0.2) is 10.2 Å². The van der Waals surface area contributed by atoms with Crippen molar-refractivity contribution in [1.82, 2.24) is 0 Å². The Kier molecular flexibility index (Phi) is 5.58. The number of hydrogen-bond acceptors (Lipinski definition) is 4. The van der Waals surface area contributed by atoms with Gasteiger partial charge in [-0.25, -0.2) is 0 Å². The number of thiocarbonyl (C=S) groups is 1. The molecular weight excluding hydrogens is 445 g/mol. The fraction of sp³-hybridized carbons (Fsp3) is 0.0909. The molecule has 0 aliphatic carbocycles. The largest absolute Gasteiger partial charge is 0.457 e. The van der Waals surface area contributed by atoms with Crippen LogP contribution in [0, 0.1) is 13.8 Å². The quantitative estimate of drug-likeness (QED) is 0.304. The van der Waals surface area contributed by atoms with E-state index in [2.05, 4.69) is 0 Å². The number of benzene rings is 2. The maximum absolute atomic E-state index is 13.1. The lowest BCUT2D eigenvalue weighted by Crippen LogP contribution is -2.29. The number of amides is 1. The molecule has 0 radical (unpaired) electrons. The molecule has 0 atom stereocenters. The van der Waals surface area contributed by atoms with Crippen molar-refractivity contribution in [2.45, 2.75) is 13.8 Å². The topological polar surface area (TPSA) is 33.5 Å². The minimum Gasteiger partial charge on any atom is -0.457 e. The first kappa shape index (κ1) is 20.2. The summed E-state index contributed by atoms with van der Waals surface area (Å²) in [6.07, 6.45) is 1.70. The molecule has 4 rings (SSSR count). The molecule has 2 aromatic carbocycles. The highest BCUT2D eigenvalue weighted by molar-refractivity contribution is 8.27. The van der Waals surface area contributed by atoms with E-state index in [0.29, 0.717) is 36.4 Å². The molecule has 1 amide bonds. The van der Waals surface area contributed by atoms with Crippen LogP contribution in [0.15, 0.2) is 57.9 Å². The second-order valence-corrected chi connectivity index (χ2v) is 9.10. The second kappa shape index (κ2) is 8.00. The summed E-state index contributed by atoms with van der Waals surface area (Å²) in [6.45, 7) is 3.94. The number of aryl methyl sites for hydroxylation is 2. The molecule has 0 unspecified atom stereocenters. The smallest absolute Gasteiger partial charge is 0.270 e. The highest BCUT2D eigenvalue weighted by atomic mass is 35.5. The zero-order valence-electron chi connectivity index (χ0n) is 15.5. The molecule has 0 N–H and O–H groups in total. The molecule has 1 aliphatic heterocycles. The summed E-state index contributed by atoms with van der Waals surface area (Å²) in [6, 6.07) is 14.7. The number of nitrogens with zero attached hydrogens (tertiary/aromatic N) is 1. The number of furan rings is 1. The van der Waals surface area contributed by atoms with Crippen LogP contribution in [0.5, 0.6) is 0 Å². The number of anilines is 1. The molecule has 0 bridgehead atoms. The summed E-state index contributed by atoms with van der Waals surface area (Å²) in [4.78, 5) is 15.2. The Balaban J connectivity index is 1.67. The third kappa shape index (κ3) is 3.88. The molecule has 3 aromatic rings. The summed E-state index contributed by atoms with van der Waals surface area (Å²) < 4.78 is 6.40. The molecule has 1 saturated heterocycles. The molecule has 29 heavy (non-hydrogen) atoms. The normalized spacial score (nSPS) is 15.6. The maximum atomic E-state index is 13.1. The first-order chi connectivity index (χ1) is 13.8. The molecular formula is C22H15Cl2NO2S2. The Morgan fingerprint density at radius 2 is 1.79 bits per heavy atom. The maximum Gasteiger partial charge on any atom is 0.270 e. The summed E-state index contributed by atoms with van der Waals surface area (Å²) in [5, 5.41) is 1.11. The minimum absolute atomic E-state index is 0.156. The number of halogens is 2. The molecule has 2 heterocycles. The van der Waals surface area contributed by atoms with Crippen LogP contribution in [0.1, 0.15) is 16.9 Å². The number of thioether (sulfide) groups is 1. The van der Waals surface area contributed by atoms with E-state index in [9.17, 15) is 4.79 Å². The zero-order chi connectivity index (χ0) is 20.7. The monoisotopic (exact) mass is 459 g/mol. The standard InChI is InChI=1S/C22H15Cl2NO2S2/c1-12-4-3-5-13(2)20(12)25-21(26)19(29-22(25)28)11-15-7-9-18(27-15)16-10-14(23)6-8-17(16)24/h3-11H,1-2H3/b19-11+. The van der Waals surface area contributed by atoms with E-state index in [0.717, 1.165) is 16.8 Å². The van der Waals surface area contributed by atoms with Crippen LogP contribution >= 0.6 is 47.2 Å². The van der Waals surface area contributed by atoms with Gasteiger partial charge in [-0.3, -0.25) is 9.69 Å². The number of para-hydroxylation sites is 1. The Morgan fingerprint density at radius 1 is 1.07 bits per heavy atom. The second-order valence-electron chi connectivity index (χ2n) is 6.58. The molecule has 3 nitrogen and oxygen atoms in total. The van der Waals surface area contributed by atoms with Crippen molar-refractivity contribution in [3.05, 3.63) is 80.4 Å². The Hall–Kier alpha value is -2.05. The fourth-order valence-electron chi connectivity index (χ4n) is 3.21. The van der Waals surface area contributed by atoms with Crippen molar-refractivity contribution in [2.75, 3.05) is 4.90 Å². The summed E-state index contributed by atoms with van der Waals surface area (Å²) >= 11 is 19.1. The van der Waals surface area contributed by atoms with Gasteiger partial charge in [-0.15, -0.1) is 0 Å². The van der Waals surface area contributed by atoms with E-state index in [-0.39, 0.29) is 5.91 Å². The van der Waals surface area contributed by atoms with Crippen LogP contribution in [0.3, 0.4) is 0 Å². The Morgan fingerprint density at radius 3 is 2.52 bits per heavy atom. The van der Waals surface area contributed by atoms with Gasteiger partial charge in [0.25, 0.3) is 5.91 Å². The summed E-state index contributed by atoms with van der Waals surface area (Å²) in [5.41, 5.74) is 3.53. The molecule has 1 aliphatic rings. The lowest BCUT2D eigenvalue weighted by molar-refractivity contribution is -0.113. The Labute approximate surface area is 188 Å². The van der Waals surface area contributed by atoms with Gasteiger partial charge in [-0.2, -0.15) is 0 Å². The third-order valence-corrected chi connectivity index (χ3v) is 6.42. The van der Waals surface area contributed by atoms with Gasteiger partial charge < -0.3 is 4.42 Å². The van der Waals surface area contributed by atoms with Gasteiger partial charge in [0.15, 0.2) is 4.32 Å². The molecule has 7 heteroatoms. The molecule has 1 fully saturated rings. The van der Waals surface area contributed by atoms with Crippen molar-refractivity contribution in [3.8, 4) is 11.3 Å². The average molecular weight is 460 g/mol. The van der Waals surface area contributed by atoms with E-state index in [1.807, 2.05) is 32.0 Å². The van der Waals surface area contributed by atoms with E-state index >= 15 is 0 Å². The van der Waals surface area contributed by atoms with Gasteiger partial charge in [0.1, 0.15) is 11.5 Å². The van der Waals surface area contributed by atoms with Crippen LogP contribution < -0.4 is 4.90 Å². The van der Waals surface area contributed by atoms with E-state index in [1.54, 1.807) is 41.3 Å². The molecule has 1 aromatic heterocycles. The highest BCUT2D eigenvalue weighted by Crippen LogP contribution is 2.39. The molecule has 146 valence electrons. The van der Waals surface area contributed by atoms with E-state index in [1.165, 1.54) is 11.8 Å². The number of carbonyl (C=O) groups excluding carboxylic acids is 1. The average Bonchev–Trinajstić information content (AvgIpc) is 3.23. The van der Waals surface area contributed by atoms with Crippen molar-refractivity contribution in [2.24, 2.45) is 0 Å². The van der Waals surface area contributed by atoms with Crippen LogP contribution in [0.25, 0.3) is 17.4 Å². The summed E-state index contributed by atoms with van der Waals surface area (Å²) in [5.74, 6) is 0.961. The lowest BCUT2D eigenvalue weighted by Gasteiger charge is -2.19. The van der Waals surface area contributed by atoms with E-state index < -0.39 is 0 Å². The van der Waals surface area contributed by atoms with Gasteiger partial charge in [0.05, 0.1) is 15.6 Å². The van der Waals surface area contributed by atoms with Crippen molar-refractivity contribution in [1.29, 1.82) is 0 Å². The first-order valence-corrected chi connectivity index (χ1v) is 10.7. The number of hydrogen-bond donors (Lipinski definition) is 0. The first-order valence-electron chi connectivity index (χ1n) is 8.74. The highest BCUT2D eigenvalue weighted by Gasteiger charge is 2.35. The summed E-state index contributed by atoms with van der Waals surface area (Å²) in [7, 11) is 0. The molecule has 0 saturated carbocycles. The number of carbonyl (C=O) groups is 1. The van der Waals surface area contributed by atoms with Gasteiger partial charge in [-0.05, 0) is 55.3 Å². The van der Waals surface area contributed by atoms with Crippen molar-refractivity contribution in [3.63, 3.8) is 0 Å². The fourth-order valence-corrected chi connectivity index (χ4v) is 4.84. The van der Waals surface area contributed by atoms with Gasteiger partial charge in [-0.1, -0.05) is 65.4 Å². The van der Waals surface area contributed by atoms with Crippen molar-refractivity contribution >= 4 is 69.2 Å². The minimum atomic E-state index is -0.156. The van der Waals surface area contributed by atoms with Gasteiger partial charge in [0, 0.05) is 16.7 Å². The van der Waals surface area contributed by atoms with Gasteiger partial charge >= 0.3 is 0 Å². The van der Waals surface area contributed by atoms with Crippen LogP contribution in [-0.2, 0) is 4.79 Å². The van der Waals surface area contributed by atoms with Crippen LogP contribution in [0.4, 0.5) is 5.69 Å². The van der Waals surface area contributed by atoms with Crippen molar-refractivity contribution < 1.29 is 9.21 Å². The SMILES string of the molecule is Cc1cccc(C)c1N1C(=O)/C(=C\c2ccc(-c3cc(Cl)ccc3Cl)o2)SC1=S. The van der Waals surface area contributed by atoms with E-state index in [4.69, 9.17) is 39.8 Å². The third-order valence-electron chi connectivity index (χ3n) is 4.55. The predicted molar refractivity (Wildman–Crippen MR) is 126 cm³/mol. The molecule has 0 spiro atoms. The lowest BCUT2D eigenvalue weighted by atomic mass is 10.1. The predicted octanol–water partition coefficient (Wildman–Crippen LogP) is 7.28. The number of rotatable bonds is 3. The Bertz CT molecular complexity index is 1160. The zero-order valence-corrected chi connectivity index (χ0v) is 18.7. The van der Waals surface area contributed by atoms with Crippen LogP contribution in [0.2, 0.25) is 10.0 Å².